The first-order valence-electron chi connectivity index (χ1n) is 5.44. The number of carboxylic acids is 1. The summed E-state index contributed by atoms with van der Waals surface area (Å²) in [5, 5.41) is 9.09. The number of benzene rings is 1. The Morgan fingerprint density at radius 1 is 1.11 bits per heavy atom. The van der Waals surface area contributed by atoms with Gasteiger partial charge in [0.1, 0.15) is 0 Å². The molecule has 0 fully saturated rings. The molecule has 1 N–H and O–H groups in total. The summed E-state index contributed by atoms with van der Waals surface area (Å²) < 4.78 is 0. The molecular formula is C14H12O3S. The molecule has 0 aliphatic heterocycles. The van der Waals surface area contributed by atoms with Gasteiger partial charge >= 0.3 is 5.97 Å². The minimum atomic E-state index is -1.08. The molecule has 0 saturated carbocycles. The fourth-order valence-electron chi connectivity index (χ4n) is 1.86. The minimum absolute atomic E-state index is 0.0490. The van der Waals surface area contributed by atoms with E-state index in [1.165, 1.54) is 17.4 Å². The molecule has 0 radical (unpaired) electrons. The molecule has 1 heterocycles. The SMILES string of the molecule is Cc1cc(C)c(C(=O)c2ccccc2C(=O)O)s1. The monoisotopic (exact) mass is 260 g/mol. The second-order valence-electron chi connectivity index (χ2n) is 4.05. The van der Waals surface area contributed by atoms with Crippen LogP contribution in [0.25, 0.3) is 0 Å². The van der Waals surface area contributed by atoms with Crippen molar-refractivity contribution in [3.63, 3.8) is 0 Å². The molecule has 0 aliphatic carbocycles. The highest BCUT2D eigenvalue weighted by molar-refractivity contribution is 7.14. The van der Waals surface area contributed by atoms with E-state index in [2.05, 4.69) is 0 Å². The molecule has 0 amide bonds. The first kappa shape index (κ1) is 12.5. The largest absolute Gasteiger partial charge is 0.478 e. The van der Waals surface area contributed by atoms with Crippen LogP contribution in [0.15, 0.2) is 30.3 Å². The molecule has 0 bridgehead atoms. The van der Waals surface area contributed by atoms with Crippen molar-refractivity contribution in [2.45, 2.75) is 13.8 Å². The van der Waals surface area contributed by atoms with Gasteiger partial charge in [-0.1, -0.05) is 18.2 Å². The van der Waals surface area contributed by atoms with Gasteiger partial charge in [0.05, 0.1) is 10.4 Å². The van der Waals surface area contributed by atoms with Crippen LogP contribution in [-0.4, -0.2) is 16.9 Å². The lowest BCUT2D eigenvalue weighted by Crippen LogP contribution is -2.09. The van der Waals surface area contributed by atoms with Crippen molar-refractivity contribution in [1.29, 1.82) is 0 Å². The summed E-state index contributed by atoms with van der Waals surface area (Å²) in [6, 6.07) is 8.23. The van der Waals surface area contributed by atoms with Gasteiger partial charge < -0.3 is 5.11 Å². The van der Waals surface area contributed by atoms with E-state index < -0.39 is 5.97 Å². The number of hydrogen-bond acceptors (Lipinski definition) is 3. The minimum Gasteiger partial charge on any atom is -0.478 e. The molecule has 4 heteroatoms. The Hall–Kier alpha value is -1.94. The summed E-state index contributed by atoms with van der Waals surface area (Å²) in [6.45, 7) is 3.79. The zero-order valence-corrected chi connectivity index (χ0v) is 10.9. The van der Waals surface area contributed by atoms with Gasteiger partial charge in [-0.25, -0.2) is 4.79 Å². The van der Waals surface area contributed by atoms with E-state index in [0.29, 0.717) is 4.88 Å². The molecular weight excluding hydrogens is 248 g/mol. The first-order valence-corrected chi connectivity index (χ1v) is 6.26. The highest BCUT2D eigenvalue weighted by atomic mass is 32.1. The third-order valence-corrected chi connectivity index (χ3v) is 3.80. The number of ketones is 1. The molecule has 3 nitrogen and oxygen atoms in total. The maximum atomic E-state index is 12.4. The zero-order chi connectivity index (χ0) is 13.3. The highest BCUT2D eigenvalue weighted by Crippen LogP contribution is 2.25. The molecule has 2 rings (SSSR count). The van der Waals surface area contributed by atoms with Crippen LogP contribution in [0.1, 0.15) is 36.0 Å². The second kappa shape index (κ2) is 4.74. The lowest BCUT2D eigenvalue weighted by Gasteiger charge is -2.04. The van der Waals surface area contributed by atoms with E-state index in [4.69, 9.17) is 5.11 Å². The number of aryl methyl sites for hydroxylation is 2. The predicted octanol–water partition coefficient (Wildman–Crippen LogP) is 3.29. The van der Waals surface area contributed by atoms with Crippen molar-refractivity contribution >= 4 is 23.1 Å². The van der Waals surface area contributed by atoms with Crippen LogP contribution < -0.4 is 0 Å². The van der Waals surface area contributed by atoms with Gasteiger partial charge in [-0.3, -0.25) is 4.79 Å². The van der Waals surface area contributed by atoms with Crippen molar-refractivity contribution in [2.75, 3.05) is 0 Å². The van der Waals surface area contributed by atoms with Crippen LogP contribution >= 0.6 is 11.3 Å². The lowest BCUT2D eigenvalue weighted by atomic mass is 10.0. The maximum absolute atomic E-state index is 12.4. The van der Waals surface area contributed by atoms with Crippen molar-refractivity contribution < 1.29 is 14.7 Å². The summed E-state index contributed by atoms with van der Waals surface area (Å²) in [5.41, 5.74) is 1.19. The van der Waals surface area contributed by atoms with Gasteiger partial charge in [0.2, 0.25) is 5.78 Å². The van der Waals surface area contributed by atoms with Crippen molar-refractivity contribution in [2.24, 2.45) is 0 Å². The first-order chi connectivity index (χ1) is 8.50. The van der Waals surface area contributed by atoms with Crippen LogP contribution in [0.4, 0.5) is 0 Å². The Kier molecular flexibility index (Phi) is 3.30. The average molecular weight is 260 g/mol. The van der Waals surface area contributed by atoms with E-state index in [-0.39, 0.29) is 16.9 Å². The Balaban J connectivity index is 2.53. The Morgan fingerprint density at radius 3 is 2.22 bits per heavy atom. The molecule has 0 saturated heterocycles. The molecule has 18 heavy (non-hydrogen) atoms. The summed E-state index contributed by atoms with van der Waals surface area (Å²) in [6.07, 6.45) is 0. The van der Waals surface area contributed by atoms with Gasteiger partial charge in [0, 0.05) is 10.4 Å². The fourth-order valence-corrected chi connectivity index (χ4v) is 2.84. The van der Waals surface area contributed by atoms with Crippen LogP contribution in [0.3, 0.4) is 0 Å². The normalized spacial score (nSPS) is 10.3. The average Bonchev–Trinajstić information content (AvgIpc) is 2.67. The van der Waals surface area contributed by atoms with Gasteiger partial charge in [-0.05, 0) is 31.5 Å². The van der Waals surface area contributed by atoms with E-state index in [1.807, 2.05) is 19.9 Å². The van der Waals surface area contributed by atoms with Crippen LogP contribution in [0, 0.1) is 13.8 Å². The lowest BCUT2D eigenvalue weighted by molar-refractivity contribution is 0.0693. The molecule has 92 valence electrons. The summed E-state index contributed by atoms with van der Waals surface area (Å²) in [7, 11) is 0. The van der Waals surface area contributed by atoms with E-state index in [1.54, 1.807) is 18.2 Å². The number of hydrogen-bond donors (Lipinski definition) is 1. The topological polar surface area (TPSA) is 54.4 Å². The van der Waals surface area contributed by atoms with E-state index >= 15 is 0 Å². The third kappa shape index (κ3) is 2.19. The fraction of sp³-hybridized carbons (Fsp3) is 0.143. The van der Waals surface area contributed by atoms with E-state index in [0.717, 1.165) is 10.4 Å². The van der Waals surface area contributed by atoms with Crippen molar-refractivity contribution in [3.8, 4) is 0 Å². The standard InChI is InChI=1S/C14H12O3S/c1-8-7-9(2)18-13(8)12(15)10-5-3-4-6-11(10)14(16)17/h3-7H,1-2H3,(H,16,17). The molecule has 0 atom stereocenters. The zero-order valence-electron chi connectivity index (χ0n) is 10.1. The second-order valence-corrected chi connectivity index (χ2v) is 5.31. The van der Waals surface area contributed by atoms with Crippen LogP contribution in [-0.2, 0) is 0 Å². The molecule has 1 aromatic heterocycles. The molecule has 1 aromatic carbocycles. The molecule has 0 aliphatic rings. The van der Waals surface area contributed by atoms with Crippen LogP contribution in [0.2, 0.25) is 0 Å². The third-order valence-electron chi connectivity index (χ3n) is 2.65. The predicted molar refractivity (Wildman–Crippen MR) is 70.6 cm³/mol. The van der Waals surface area contributed by atoms with Gasteiger partial charge in [0.15, 0.2) is 0 Å². The highest BCUT2D eigenvalue weighted by Gasteiger charge is 2.20. The smallest absolute Gasteiger partial charge is 0.336 e. The Morgan fingerprint density at radius 2 is 1.72 bits per heavy atom. The summed E-state index contributed by atoms with van der Waals surface area (Å²) in [5.74, 6) is -1.30. The number of thiophene rings is 1. The van der Waals surface area contributed by atoms with E-state index in [9.17, 15) is 9.59 Å². The molecule has 2 aromatic rings. The maximum Gasteiger partial charge on any atom is 0.336 e. The number of aromatic carboxylic acids is 1. The number of rotatable bonds is 3. The molecule has 0 unspecified atom stereocenters. The number of carboxylic acid groups (broad SMARTS) is 1. The van der Waals surface area contributed by atoms with Gasteiger partial charge in [-0.15, -0.1) is 11.3 Å². The molecule has 0 spiro atoms. The Labute approximate surface area is 109 Å². The number of carbonyl (C=O) groups is 2. The summed E-state index contributed by atoms with van der Waals surface area (Å²) in [4.78, 5) is 25.1. The quantitative estimate of drug-likeness (QED) is 0.861. The van der Waals surface area contributed by atoms with Gasteiger partial charge in [-0.2, -0.15) is 0 Å². The van der Waals surface area contributed by atoms with Crippen molar-refractivity contribution in [1.82, 2.24) is 0 Å². The summed E-state index contributed by atoms with van der Waals surface area (Å²) >= 11 is 1.40. The van der Waals surface area contributed by atoms with Crippen LogP contribution in [0.5, 0.6) is 0 Å². The van der Waals surface area contributed by atoms with Crippen molar-refractivity contribution in [3.05, 3.63) is 56.8 Å². The number of carbonyl (C=O) groups excluding carboxylic acids is 1. The Bertz CT molecular complexity index is 626. The van der Waals surface area contributed by atoms with Gasteiger partial charge in [0.25, 0.3) is 0 Å².